The molecule has 6 nitrogen and oxygen atoms in total. The van der Waals surface area contributed by atoms with Gasteiger partial charge in [0.2, 0.25) is 5.75 Å². The van der Waals surface area contributed by atoms with Crippen molar-refractivity contribution in [2.75, 3.05) is 24.3 Å². The molecule has 110 valence electrons. The van der Waals surface area contributed by atoms with E-state index in [2.05, 4.69) is 27.5 Å². The summed E-state index contributed by atoms with van der Waals surface area (Å²) in [5.41, 5.74) is 0. The summed E-state index contributed by atoms with van der Waals surface area (Å²) in [6.07, 6.45) is 6.71. The first kappa shape index (κ1) is 13.4. The second kappa shape index (κ2) is 5.83. The van der Waals surface area contributed by atoms with E-state index in [1.165, 1.54) is 6.42 Å². The molecule has 2 aliphatic heterocycles. The third-order valence-electron chi connectivity index (χ3n) is 3.98. The largest absolute Gasteiger partial charge is 0.490 e. The number of aromatic nitrogens is 2. The van der Waals surface area contributed by atoms with Gasteiger partial charge in [-0.1, -0.05) is 6.92 Å². The summed E-state index contributed by atoms with van der Waals surface area (Å²) < 4.78 is 11.3. The van der Waals surface area contributed by atoms with Crippen molar-refractivity contribution in [2.24, 2.45) is 0 Å². The molecule has 0 aromatic carbocycles. The third kappa shape index (κ3) is 2.52. The molecule has 1 aromatic rings. The molecule has 0 saturated carbocycles. The lowest BCUT2D eigenvalue weighted by atomic mass is 9.95. The van der Waals surface area contributed by atoms with E-state index in [9.17, 15) is 0 Å². The van der Waals surface area contributed by atoms with Crippen LogP contribution in [0.25, 0.3) is 0 Å². The first-order valence-corrected chi connectivity index (χ1v) is 7.36. The topological polar surface area (TPSA) is 68.3 Å². The van der Waals surface area contributed by atoms with Crippen LogP contribution in [0.4, 0.5) is 11.6 Å². The molecule has 2 aliphatic rings. The van der Waals surface area contributed by atoms with Gasteiger partial charge in [0.15, 0.2) is 11.6 Å². The van der Waals surface area contributed by atoms with Gasteiger partial charge < -0.3 is 20.1 Å². The maximum absolute atomic E-state index is 5.86. The Morgan fingerprint density at radius 2 is 2.20 bits per heavy atom. The van der Waals surface area contributed by atoms with Gasteiger partial charge in [-0.15, -0.1) is 0 Å². The minimum atomic E-state index is 0.312. The molecule has 6 heteroatoms. The van der Waals surface area contributed by atoms with Crippen LogP contribution >= 0.6 is 0 Å². The average molecular weight is 278 g/mol. The zero-order valence-electron chi connectivity index (χ0n) is 12.1. The molecule has 3 atom stereocenters. The van der Waals surface area contributed by atoms with Crippen molar-refractivity contribution in [3.63, 3.8) is 0 Å². The van der Waals surface area contributed by atoms with Crippen LogP contribution in [0.3, 0.4) is 0 Å². The van der Waals surface area contributed by atoms with E-state index in [0.717, 1.165) is 37.4 Å². The molecule has 3 heterocycles. The first-order valence-electron chi connectivity index (χ1n) is 7.36. The molecule has 2 fully saturated rings. The number of methoxy groups -OCH3 is 1. The van der Waals surface area contributed by atoms with E-state index in [1.54, 1.807) is 13.4 Å². The predicted octanol–water partition coefficient (Wildman–Crippen LogP) is 2.04. The van der Waals surface area contributed by atoms with Gasteiger partial charge in [-0.05, 0) is 25.7 Å². The number of hydrogen-bond acceptors (Lipinski definition) is 6. The Bertz CT molecular complexity index is 468. The molecular weight excluding hydrogens is 256 g/mol. The third-order valence-corrected chi connectivity index (χ3v) is 3.98. The van der Waals surface area contributed by atoms with Gasteiger partial charge >= 0.3 is 0 Å². The van der Waals surface area contributed by atoms with Gasteiger partial charge in [0.25, 0.3) is 0 Å². The van der Waals surface area contributed by atoms with E-state index < -0.39 is 0 Å². The van der Waals surface area contributed by atoms with E-state index in [0.29, 0.717) is 24.0 Å². The number of anilines is 2. The van der Waals surface area contributed by atoms with Crippen molar-refractivity contribution in [1.29, 1.82) is 0 Å². The average Bonchev–Trinajstić information content (AvgIpc) is 3.07. The molecule has 20 heavy (non-hydrogen) atoms. The Balaban J connectivity index is 1.75. The van der Waals surface area contributed by atoms with Gasteiger partial charge in [0.05, 0.1) is 25.4 Å². The van der Waals surface area contributed by atoms with Gasteiger partial charge in [-0.25, -0.2) is 9.97 Å². The summed E-state index contributed by atoms with van der Waals surface area (Å²) in [6.45, 7) is 2.98. The predicted molar refractivity (Wildman–Crippen MR) is 77.3 cm³/mol. The molecular formula is C14H22N4O2. The number of fused-ring (bicyclic) bond motifs is 2. The molecule has 3 rings (SSSR count). The van der Waals surface area contributed by atoms with Crippen molar-refractivity contribution < 1.29 is 9.47 Å². The fourth-order valence-electron chi connectivity index (χ4n) is 3.00. The van der Waals surface area contributed by atoms with Crippen molar-refractivity contribution >= 4 is 11.6 Å². The Hall–Kier alpha value is -1.56. The fraction of sp³-hybridized carbons (Fsp3) is 0.714. The summed E-state index contributed by atoms with van der Waals surface area (Å²) in [4.78, 5) is 8.57. The minimum absolute atomic E-state index is 0.312. The van der Waals surface area contributed by atoms with Gasteiger partial charge in [0.1, 0.15) is 6.33 Å². The Labute approximate surface area is 119 Å². The number of hydrogen-bond donors (Lipinski definition) is 2. The molecule has 3 unspecified atom stereocenters. The number of nitrogens with one attached hydrogen (secondary N) is 2. The SMILES string of the molecule is CCCNc1ncnc(NC2CC3CCC2O3)c1OC. The minimum Gasteiger partial charge on any atom is -0.490 e. The first-order chi connectivity index (χ1) is 9.81. The summed E-state index contributed by atoms with van der Waals surface area (Å²) in [7, 11) is 1.65. The van der Waals surface area contributed by atoms with Gasteiger partial charge in [-0.3, -0.25) is 0 Å². The maximum atomic E-state index is 5.86. The smallest absolute Gasteiger partial charge is 0.204 e. The quantitative estimate of drug-likeness (QED) is 0.830. The van der Waals surface area contributed by atoms with Crippen molar-refractivity contribution in [1.82, 2.24) is 9.97 Å². The molecule has 2 N–H and O–H groups in total. The number of rotatable bonds is 6. The highest BCUT2D eigenvalue weighted by Crippen LogP contribution is 2.38. The summed E-state index contributed by atoms with van der Waals surface area (Å²) >= 11 is 0. The monoisotopic (exact) mass is 278 g/mol. The zero-order chi connectivity index (χ0) is 13.9. The highest BCUT2D eigenvalue weighted by molar-refractivity contribution is 5.64. The molecule has 0 amide bonds. The van der Waals surface area contributed by atoms with Gasteiger partial charge in [-0.2, -0.15) is 0 Å². The van der Waals surface area contributed by atoms with Crippen LogP contribution in [0.15, 0.2) is 6.33 Å². The van der Waals surface area contributed by atoms with E-state index in [-0.39, 0.29) is 0 Å². The lowest BCUT2D eigenvalue weighted by molar-refractivity contribution is 0.102. The number of nitrogens with zero attached hydrogens (tertiary/aromatic N) is 2. The highest BCUT2D eigenvalue weighted by atomic mass is 16.5. The van der Waals surface area contributed by atoms with E-state index in [4.69, 9.17) is 9.47 Å². The molecule has 0 radical (unpaired) electrons. The summed E-state index contributed by atoms with van der Waals surface area (Å²) in [6, 6.07) is 0.330. The zero-order valence-corrected chi connectivity index (χ0v) is 12.1. The van der Waals surface area contributed by atoms with Crippen LogP contribution in [0, 0.1) is 0 Å². The Kier molecular flexibility index (Phi) is 3.91. The molecule has 2 bridgehead atoms. The van der Waals surface area contributed by atoms with Crippen LogP contribution in [-0.4, -0.2) is 41.9 Å². The van der Waals surface area contributed by atoms with Crippen LogP contribution in [-0.2, 0) is 4.74 Å². The second-order valence-corrected chi connectivity index (χ2v) is 5.39. The van der Waals surface area contributed by atoms with Crippen molar-refractivity contribution in [2.45, 2.75) is 50.9 Å². The van der Waals surface area contributed by atoms with Crippen molar-refractivity contribution in [3.8, 4) is 5.75 Å². The fourth-order valence-corrected chi connectivity index (χ4v) is 3.00. The second-order valence-electron chi connectivity index (χ2n) is 5.39. The summed E-state index contributed by atoms with van der Waals surface area (Å²) in [5, 5.41) is 6.73. The van der Waals surface area contributed by atoms with Crippen LogP contribution in [0.2, 0.25) is 0 Å². The van der Waals surface area contributed by atoms with Crippen LogP contribution in [0.1, 0.15) is 32.6 Å². The standard InChI is InChI=1S/C14H22N4O2/c1-3-6-15-13-12(19-2)14(17-8-16-13)18-10-7-9-4-5-11(10)20-9/h8-11H,3-7H2,1-2H3,(H2,15,16,17,18). The van der Waals surface area contributed by atoms with Gasteiger partial charge in [0, 0.05) is 6.54 Å². The Morgan fingerprint density at radius 1 is 1.35 bits per heavy atom. The van der Waals surface area contributed by atoms with Crippen LogP contribution < -0.4 is 15.4 Å². The number of ether oxygens (including phenoxy) is 2. The lowest BCUT2D eigenvalue weighted by Gasteiger charge is -2.22. The Morgan fingerprint density at radius 3 is 2.85 bits per heavy atom. The molecule has 0 aliphatic carbocycles. The lowest BCUT2D eigenvalue weighted by Crippen LogP contribution is -2.31. The molecule has 2 saturated heterocycles. The summed E-state index contributed by atoms with van der Waals surface area (Å²) in [5.74, 6) is 2.18. The van der Waals surface area contributed by atoms with E-state index in [1.807, 2.05) is 0 Å². The maximum Gasteiger partial charge on any atom is 0.204 e. The molecule has 1 aromatic heterocycles. The van der Waals surface area contributed by atoms with Crippen LogP contribution in [0.5, 0.6) is 5.75 Å². The van der Waals surface area contributed by atoms with E-state index >= 15 is 0 Å². The highest BCUT2D eigenvalue weighted by Gasteiger charge is 2.41. The normalized spacial score (nSPS) is 27.6. The van der Waals surface area contributed by atoms with Crippen molar-refractivity contribution in [3.05, 3.63) is 6.33 Å². The molecule has 0 spiro atoms.